The first-order chi connectivity index (χ1) is 9.14. The van der Waals surface area contributed by atoms with Crippen LogP contribution in [-0.2, 0) is 14.9 Å². The molecule has 2 N–H and O–H groups in total. The number of hydrogen-bond donors (Lipinski definition) is 1. The van der Waals surface area contributed by atoms with E-state index in [4.69, 9.17) is 10.5 Å². The van der Waals surface area contributed by atoms with Crippen LogP contribution < -0.4 is 5.73 Å². The average molecular weight is 261 g/mol. The highest BCUT2D eigenvalue weighted by Crippen LogP contribution is 2.40. The Labute approximate surface area is 115 Å². The molecule has 0 aromatic heterocycles. The summed E-state index contributed by atoms with van der Waals surface area (Å²) in [6.45, 7) is 2.34. The molecule has 0 spiro atoms. The number of benzene rings is 1. The summed E-state index contributed by atoms with van der Waals surface area (Å²) in [6, 6.07) is 8.00. The van der Waals surface area contributed by atoms with Gasteiger partial charge in [-0.1, -0.05) is 43.5 Å². The van der Waals surface area contributed by atoms with Crippen LogP contribution in [-0.4, -0.2) is 19.6 Å². The maximum atomic E-state index is 12.4. The maximum Gasteiger partial charge on any atom is 0.317 e. The third kappa shape index (κ3) is 2.52. The number of hydrogen-bond acceptors (Lipinski definition) is 3. The van der Waals surface area contributed by atoms with Gasteiger partial charge in [0.1, 0.15) is 5.41 Å². The summed E-state index contributed by atoms with van der Waals surface area (Å²) in [6.07, 6.45) is 4.47. The molecule has 1 aliphatic carbocycles. The second kappa shape index (κ2) is 5.74. The number of rotatable bonds is 5. The Bertz CT molecular complexity index is 454. The molecule has 0 saturated heterocycles. The maximum absolute atomic E-state index is 12.4. The predicted octanol–water partition coefficient (Wildman–Crippen LogP) is 2.55. The van der Waals surface area contributed by atoms with Crippen LogP contribution in [0.5, 0.6) is 0 Å². The summed E-state index contributed by atoms with van der Waals surface area (Å²) in [5.74, 6) is 0.401. The van der Waals surface area contributed by atoms with E-state index in [0.29, 0.717) is 12.5 Å². The molecule has 0 amide bonds. The average Bonchev–Trinajstić information content (AvgIpc) is 2.39. The fourth-order valence-electron chi connectivity index (χ4n) is 3.07. The summed E-state index contributed by atoms with van der Waals surface area (Å²) >= 11 is 0. The van der Waals surface area contributed by atoms with Crippen molar-refractivity contribution in [3.63, 3.8) is 0 Å². The number of nitrogens with two attached hydrogens (primary N) is 1. The van der Waals surface area contributed by atoms with E-state index < -0.39 is 5.41 Å². The Morgan fingerprint density at radius 1 is 1.42 bits per heavy atom. The summed E-state index contributed by atoms with van der Waals surface area (Å²) < 4.78 is 5.07. The van der Waals surface area contributed by atoms with E-state index in [1.54, 1.807) is 0 Å². The lowest BCUT2D eigenvalue weighted by molar-refractivity contribution is -0.148. The normalized spacial score (nSPS) is 18.5. The number of ether oxygens (including phenoxy) is 1. The molecular weight excluding hydrogens is 238 g/mol. The first-order valence-corrected chi connectivity index (χ1v) is 6.98. The summed E-state index contributed by atoms with van der Waals surface area (Å²) in [5, 5.41) is 0. The Hall–Kier alpha value is -1.35. The van der Waals surface area contributed by atoms with Gasteiger partial charge in [0.05, 0.1) is 7.11 Å². The zero-order valence-electron chi connectivity index (χ0n) is 11.8. The summed E-state index contributed by atoms with van der Waals surface area (Å²) in [4.78, 5) is 12.4. The van der Waals surface area contributed by atoms with Crippen molar-refractivity contribution in [3.05, 3.63) is 35.4 Å². The molecular formula is C16H23NO2. The van der Waals surface area contributed by atoms with Crippen molar-refractivity contribution >= 4 is 5.97 Å². The third-order valence-corrected chi connectivity index (χ3v) is 4.45. The molecule has 2 rings (SSSR count). The van der Waals surface area contributed by atoms with Gasteiger partial charge in [0.2, 0.25) is 0 Å². The van der Waals surface area contributed by atoms with Gasteiger partial charge in [-0.15, -0.1) is 0 Å². The van der Waals surface area contributed by atoms with E-state index in [-0.39, 0.29) is 5.97 Å². The van der Waals surface area contributed by atoms with Gasteiger partial charge in [0.25, 0.3) is 0 Å². The van der Waals surface area contributed by atoms with Crippen LogP contribution in [0.1, 0.15) is 36.8 Å². The number of methoxy groups -OCH3 is 1. The van der Waals surface area contributed by atoms with Gasteiger partial charge in [-0.05, 0) is 30.4 Å². The minimum atomic E-state index is -0.675. The van der Waals surface area contributed by atoms with Gasteiger partial charge in [-0.2, -0.15) is 0 Å². The first kappa shape index (κ1) is 14.1. The molecule has 1 aromatic rings. The van der Waals surface area contributed by atoms with Crippen molar-refractivity contribution in [1.29, 1.82) is 0 Å². The second-order valence-electron chi connectivity index (χ2n) is 5.59. The highest BCUT2D eigenvalue weighted by atomic mass is 16.5. The van der Waals surface area contributed by atoms with Crippen LogP contribution >= 0.6 is 0 Å². The minimum Gasteiger partial charge on any atom is -0.468 e. The fraction of sp³-hybridized carbons (Fsp3) is 0.562. The smallest absolute Gasteiger partial charge is 0.317 e. The fourth-order valence-corrected chi connectivity index (χ4v) is 3.07. The molecule has 0 aliphatic heterocycles. The predicted molar refractivity (Wildman–Crippen MR) is 75.9 cm³/mol. The molecule has 0 heterocycles. The highest BCUT2D eigenvalue weighted by molar-refractivity contribution is 5.84. The lowest BCUT2D eigenvalue weighted by Gasteiger charge is -2.37. The molecule has 3 nitrogen and oxygen atoms in total. The van der Waals surface area contributed by atoms with Crippen LogP contribution in [0, 0.1) is 12.8 Å². The second-order valence-corrected chi connectivity index (χ2v) is 5.59. The Morgan fingerprint density at radius 3 is 2.58 bits per heavy atom. The van der Waals surface area contributed by atoms with E-state index in [1.807, 2.05) is 31.2 Å². The molecule has 104 valence electrons. The molecule has 0 bridgehead atoms. The van der Waals surface area contributed by atoms with Crippen LogP contribution in [0.25, 0.3) is 0 Å². The zero-order valence-corrected chi connectivity index (χ0v) is 11.8. The van der Waals surface area contributed by atoms with Crippen molar-refractivity contribution in [2.45, 2.75) is 38.0 Å². The van der Waals surface area contributed by atoms with E-state index in [9.17, 15) is 4.79 Å². The quantitative estimate of drug-likeness (QED) is 0.829. The molecule has 1 aliphatic rings. The van der Waals surface area contributed by atoms with Crippen molar-refractivity contribution in [3.8, 4) is 0 Å². The Morgan fingerprint density at radius 2 is 2.11 bits per heavy atom. The van der Waals surface area contributed by atoms with Crippen LogP contribution in [0.2, 0.25) is 0 Å². The third-order valence-electron chi connectivity index (χ3n) is 4.45. The number of carbonyl (C=O) groups excluding carboxylic acids is 1. The minimum absolute atomic E-state index is 0.198. The van der Waals surface area contributed by atoms with E-state index in [0.717, 1.165) is 17.5 Å². The van der Waals surface area contributed by atoms with Gasteiger partial charge in [-0.3, -0.25) is 4.79 Å². The number of esters is 1. The summed E-state index contributed by atoms with van der Waals surface area (Å²) in [5.41, 5.74) is 7.47. The standard InChI is InChI=1S/C16H23NO2/c1-12-6-3-4-9-14(12)16(11-17,15(18)19-2)10-13-7-5-8-13/h3-4,6,9,13H,5,7-8,10-11,17H2,1-2H3. The molecule has 19 heavy (non-hydrogen) atoms. The highest BCUT2D eigenvalue weighted by Gasteiger charge is 2.43. The lowest BCUT2D eigenvalue weighted by Crippen LogP contribution is -2.46. The first-order valence-electron chi connectivity index (χ1n) is 6.98. The molecule has 1 unspecified atom stereocenters. The Kier molecular flexibility index (Phi) is 4.25. The number of carbonyl (C=O) groups is 1. The molecule has 1 fully saturated rings. The summed E-state index contributed by atoms with van der Waals surface area (Å²) in [7, 11) is 1.45. The van der Waals surface area contributed by atoms with Crippen LogP contribution in [0.4, 0.5) is 0 Å². The lowest BCUT2D eigenvalue weighted by atomic mass is 9.67. The van der Waals surface area contributed by atoms with Gasteiger partial charge < -0.3 is 10.5 Å². The van der Waals surface area contributed by atoms with E-state index >= 15 is 0 Å². The van der Waals surface area contributed by atoms with Crippen molar-refractivity contribution in [2.24, 2.45) is 11.7 Å². The van der Waals surface area contributed by atoms with E-state index in [1.165, 1.54) is 26.4 Å². The van der Waals surface area contributed by atoms with E-state index in [2.05, 4.69) is 0 Å². The Balaban J connectivity index is 2.41. The largest absolute Gasteiger partial charge is 0.468 e. The SMILES string of the molecule is COC(=O)C(CN)(CC1CCC1)c1ccccc1C. The topological polar surface area (TPSA) is 52.3 Å². The number of aryl methyl sites for hydroxylation is 1. The van der Waals surface area contributed by atoms with Gasteiger partial charge in [0, 0.05) is 6.54 Å². The van der Waals surface area contributed by atoms with Gasteiger partial charge in [-0.25, -0.2) is 0 Å². The van der Waals surface area contributed by atoms with Gasteiger partial charge >= 0.3 is 5.97 Å². The van der Waals surface area contributed by atoms with Crippen molar-refractivity contribution in [1.82, 2.24) is 0 Å². The molecule has 0 radical (unpaired) electrons. The van der Waals surface area contributed by atoms with Crippen LogP contribution in [0.15, 0.2) is 24.3 Å². The van der Waals surface area contributed by atoms with Crippen molar-refractivity contribution in [2.75, 3.05) is 13.7 Å². The molecule has 1 aromatic carbocycles. The molecule has 1 atom stereocenters. The monoisotopic (exact) mass is 261 g/mol. The molecule has 3 heteroatoms. The zero-order chi connectivity index (χ0) is 13.9. The van der Waals surface area contributed by atoms with Gasteiger partial charge in [0.15, 0.2) is 0 Å². The molecule has 1 saturated carbocycles. The van der Waals surface area contributed by atoms with Crippen LogP contribution in [0.3, 0.4) is 0 Å². The van der Waals surface area contributed by atoms with Crippen molar-refractivity contribution < 1.29 is 9.53 Å².